The fourth-order valence-electron chi connectivity index (χ4n) is 1.53. The molecule has 0 amide bonds. The van der Waals surface area contributed by atoms with E-state index in [9.17, 15) is 0 Å². The summed E-state index contributed by atoms with van der Waals surface area (Å²) >= 11 is 1.54. The topological polar surface area (TPSA) is 63.6 Å². The molecule has 2 aromatic rings. The van der Waals surface area contributed by atoms with Crippen molar-refractivity contribution in [2.75, 3.05) is 11.9 Å². The molecule has 1 N–H and O–H groups in total. The van der Waals surface area contributed by atoms with Crippen molar-refractivity contribution in [3.8, 4) is 0 Å². The van der Waals surface area contributed by atoms with E-state index in [-0.39, 0.29) is 0 Å². The quantitative estimate of drug-likeness (QED) is 0.646. The van der Waals surface area contributed by atoms with Crippen molar-refractivity contribution < 1.29 is 0 Å². The number of nitrogens with zero attached hydrogens (tertiary/aromatic N) is 4. The Morgan fingerprint density at radius 3 is 2.74 bits per heavy atom. The number of nitrogens with one attached hydrogen (secondary N) is 1. The first-order valence-corrected chi connectivity index (χ1v) is 7.24. The van der Waals surface area contributed by atoms with Crippen molar-refractivity contribution in [3.05, 3.63) is 36.0 Å². The standard InChI is InChI=1S/C13H17N5S/c1-3-5-14-11-8-10(2)17-12(18-11)9-19-13-15-6-4-7-16-13/h4,6-8H,3,5,9H2,1-2H3,(H,14,17,18). The molecule has 100 valence electrons. The summed E-state index contributed by atoms with van der Waals surface area (Å²) in [7, 11) is 0. The van der Waals surface area contributed by atoms with Gasteiger partial charge in [-0.15, -0.1) is 0 Å². The molecule has 0 saturated heterocycles. The highest BCUT2D eigenvalue weighted by molar-refractivity contribution is 7.98. The van der Waals surface area contributed by atoms with Gasteiger partial charge in [0, 0.05) is 30.7 Å². The summed E-state index contributed by atoms with van der Waals surface area (Å²) in [5, 5.41) is 4.03. The molecule has 0 aromatic carbocycles. The molecule has 0 bridgehead atoms. The molecule has 2 rings (SSSR count). The number of aromatic nitrogens is 4. The normalized spacial score (nSPS) is 10.4. The van der Waals surface area contributed by atoms with Crippen LogP contribution in [0, 0.1) is 6.92 Å². The Labute approximate surface area is 117 Å². The van der Waals surface area contributed by atoms with Crippen LogP contribution >= 0.6 is 11.8 Å². The van der Waals surface area contributed by atoms with Gasteiger partial charge in [0.1, 0.15) is 11.6 Å². The van der Waals surface area contributed by atoms with Crippen molar-refractivity contribution in [2.45, 2.75) is 31.2 Å². The van der Waals surface area contributed by atoms with Crippen LogP contribution in [0.3, 0.4) is 0 Å². The second-order valence-corrected chi connectivity index (χ2v) is 5.00. The van der Waals surface area contributed by atoms with E-state index in [0.717, 1.165) is 35.5 Å². The molecule has 0 radical (unpaired) electrons. The summed E-state index contributed by atoms with van der Waals surface area (Å²) in [5.74, 6) is 2.36. The first kappa shape index (κ1) is 13.7. The lowest BCUT2D eigenvalue weighted by Crippen LogP contribution is -2.05. The van der Waals surface area contributed by atoms with Crippen LogP contribution < -0.4 is 5.32 Å². The van der Waals surface area contributed by atoms with Gasteiger partial charge in [-0.05, 0) is 19.4 Å². The Hall–Kier alpha value is -1.69. The van der Waals surface area contributed by atoms with Crippen LogP contribution in [0.5, 0.6) is 0 Å². The van der Waals surface area contributed by atoms with Crippen molar-refractivity contribution >= 4 is 17.6 Å². The molecule has 5 nitrogen and oxygen atoms in total. The van der Waals surface area contributed by atoms with E-state index in [0.29, 0.717) is 5.75 Å². The van der Waals surface area contributed by atoms with Crippen LogP contribution in [-0.2, 0) is 5.75 Å². The van der Waals surface area contributed by atoms with Gasteiger partial charge in [0.05, 0.1) is 5.75 Å². The van der Waals surface area contributed by atoms with Gasteiger partial charge in [-0.25, -0.2) is 19.9 Å². The summed E-state index contributed by atoms with van der Waals surface area (Å²) in [4.78, 5) is 17.3. The molecule has 19 heavy (non-hydrogen) atoms. The summed E-state index contributed by atoms with van der Waals surface area (Å²) in [6.07, 6.45) is 4.55. The van der Waals surface area contributed by atoms with E-state index in [1.807, 2.05) is 13.0 Å². The first-order chi connectivity index (χ1) is 9.28. The molecule has 0 aliphatic heterocycles. The minimum atomic E-state index is 0.673. The van der Waals surface area contributed by atoms with E-state index < -0.39 is 0 Å². The zero-order chi connectivity index (χ0) is 13.5. The van der Waals surface area contributed by atoms with E-state index >= 15 is 0 Å². The van der Waals surface area contributed by atoms with E-state index in [1.165, 1.54) is 11.8 Å². The number of anilines is 1. The smallest absolute Gasteiger partial charge is 0.187 e. The second kappa shape index (κ2) is 7.04. The number of thioether (sulfide) groups is 1. The monoisotopic (exact) mass is 275 g/mol. The molecule has 0 aliphatic rings. The Morgan fingerprint density at radius 1 is 1.21 bits per heavy atom. The summed E-state index contributed by atoms with van der Waals surface area (Å²) in [6, 6.07) is 3.77. The highest BCUT2D eigenvalue weighted by atomic mass is 32.2. The van der Waals surface area contributed by atoms with Crippen LogP contribution in [0.1, 0.15) is 24.9 Å². The van der Waals surface area contributed by atoms with Crippen molar-refractivity contribution in [2.24, 2.45) is 0 Å². The Kier molecular flexibility index (Phi) is 5.09. The summed E-state index contributed by atoms with van der Waals surface area (Å²) < 4.78 is 0. The SMILES string of the molecule is CCCNc1cc(C)nc(CSc2ncccn2)n1. The van der Waals surface area contributed by atoms with Gasteiger partial charge in [-0.1, -0.05) is 18.7 Å². The molecular weight excluding hydrogens is 258 g/mol. The van der Waals surface area contributed by atoms with Crippen LogP contribution in [0.4, 0.5) is 5.82 Å². The largest absolute Gasteiger partial charge is 0.370 e. The lowest BCUT2D eigenvalue weighted by Gasteiger charge is -2.07. The van der Waals surface area contributed by atoms with Crippen LogP contribution in [0.15, 0.2) is 29.7 Å². The molecule has 0 spiro atoms. The first-order valence-electron chi connectivity index (χ1n) is 6.26. The van der Waals surface area contributed by atoms with Gasteiger partial charge in [0.15, 0.2) is 5.16 Å². The van der Waals surface area contributed by atoms with Gasteiger partial charge in [0.25, 0.3) is 0 Å². The number of aryl methyl sites for hydroxylation is 1. The summed E-state index contributed by atoms with van der Waals surface area (Å²) in [5.41, 5.74) is 0.971. The third-order valence-electron chi connectivity index (χ3n) is 2.33. The lowest BCUT2D eigenvalue weighted by molar-refractivity contribution is 0.933. The maximum Gasteiger partial charge on any atom is 0.187 e. The van der Waals surface area contributed by atoms with E-state index in [2.05, 4.69) is 32.2 Å². The van der Waals surface area contributed by atoms with Crippen molar-refractivity contribution in [1.29, 1.82) is 0 Å². The van der Waals surface area contributed by atoms with Crippen LogP contribution in [0.25, 0.3) is 0 Å². The number of rotatable bonds is 6. The van der Waals surface area contributed by atoms with Crippen molar-refractivity contribution in [1.82, 2.24) is 19.9 Å². The predicted molar refractivity (Wildman–Crippen MR) is 77.1 cm³/mol. The number of hydrogen-bond acceptors (Lipinski definition) is 6. The fraction of sp³-hybridized carbons (Fsp3) is 0.385. The Bertz CT molecular complexity index is 518. The maximum absolute atomic E-state index is 4.49. The molecular formula is C13H17N5S. The maximum atomic E-state index is 4.49. The molecule has 0 aliphatic carbocycles. The van der Waals surface area contributed by atoms with Gasteiger partial charge in [-0.2, -0.15) is 0 Å². The molecule has 2 aromatic heterocycles. The molecule has 2 heterocycles. The molecule has 0 atom stereocenters. The number of hydrogen-bond donors (Lipinski definition) is 1. The average Bonchev–Trinajstić information content (AvgIpc) is 2.43. The van der Waals surface area contributed by atoms with Gasteiger partial charge in [-0.3, -0.25) is 0 Å². The molecule has 0 unspecified atom stereocenters. The van der Waals surface area contributed by atoms with Gasteiger partial charge in [0.2, 0.25) is 0 Å². The summed E-state index contributed by atoms with van der Waals surface area (Å²) in [6.45, 7) is 5.03. The Balaban J connectivity index is 2.01. The zero-order valence-electron chi connectivity index (χ0n) is 11.1. The van der Waals surface area contributed by atoms with Crippen molar-refractivity contribution in [3.63, 3.8) is 0 Å². The Morgan fingerprint density at radius 2 is 2.00 bits per heavy atom. The molecule has 0 saturated carbocycles. The highest BCUT2D eigenvalue weighted by Gasteiger charge is 2.04. The van der Waals surface area contributed by atoms with Crippen LogP contribution in [-0.4, -0.2) is 26.5 Å². The fourth-order valence-corrected chi connectivity index (χ4v) is 2.19. The predicted octanol–water partition coefficient (Wildman–Crippen LogP) is 2.69. The third-order valence-corrected chi connectivity index (χ3v) is 3.20. The molecule has 6 heteroatoms. The molecule has 0 fully saturated rings. The minimum absolute atomic E-state index is 0.673. The average molecular weight is 275 g/mol. The second-order valence-electron chi connectivity index (χ2n) is 4.06. The third kappa shape index (κ3) is 4.48. The van der Waals surface area contributed by atoms with Gasteiger partial charge < -0.3 is 5.32 Å². The van der Waals surface area contributed by atoms with E-state index in [1.54, 1.807) is 18.5 Å². The van der Waals surface area contributed by atoms with E-state index in [4.69, 9.17) is 0 Å². The van der Waals surface area contributed by atoms with Gasteiger partial charge >= 0.3 is 0 Å². The lowest BCUT2D eigenvalue weighted by atomic mass is 10.4. The van der Waals surface area contributed by atoms with Crippen LogP contribution in [0.2, 0.25) is 0 Å². The zero-order valence-corrected chi connectivity index (χ0v) is 11.9. The minimum Gasteiger partial charge on any atom is -0.370 e. The highest BCUT2D eigenvalue weighted by Crippen LogP contribution is 2.17.